The Bertz CT molecular complexity index is 442. The summed E-state index contributed by atoms with van der Waals surface area (Å²) in [5, 5.41) is 3.95. The van der Waals surface area contributed by atoms with Crippen molar-refractivity contribution in [2.24, 2.45) is 5.73 Å². The van der Waals surface area contributed by atoms with Gasteiger partial charge in [-0.15, -0.1) is 0 Å². The zero-order chi connectivity index (χ0) is 10.8. The van der Waals surface area contributed by atoms with Crippen LogP contribution in [0.5, 0.6) is 0 Å². The van der Waals surface area contributed by atoms with Gasteiger partial charge in [-0.25, -0.2) is 0 Å². The van der Waals surface area contributed by atoms with Crippen LogP contribution in [-0.2, 0) is 6.54 Å². The third-order valence-corrected chi connectivity index (χ3v) is 2.34. The maximum absolute atomic E-state index is 5.85. The van der Waals surface area contributed by atoms with E-state index in [2.05, 4.69) is 9.72 Å². The monoisotopic (exact) mass is 205 g/mol. The van der Waals surface area contributed by atoms with Crippen LogP contribution < -0.4 is 5.73 Å². The van der Waals surface area contributed by atoms with E-state index in [0.717, 1.165) is 17.1 Å². The topological polar surface area (TPSA) is 57.0 Å². The van der Waals surface area contributed by atoms with Crippen molar-refractivity contribution in [1.29, 1.82) is 0 Å². The summed E-state index contributed by atoms with van der Waals surface area (Å²) in [5.41, 5.74) is 7.88. The highest BCUT2D eigenvalue weighted by atomic mass is 16.5. The summed E-state index contributed by atoms with van der Waals surface area (Å²) in [4.78, 5) is 0. The zero-order valence-electron chi connectivity index (χ0n) is 8.97. The summed E-state index contributed by atoms with van der Waals surface area (Å²) in [6.45, 7) is 4.57. The van der Waals surface area contributed by atoms with Gasteiger partial charge in [-0.05, 0) is 26.0 Å². The molecule has 2 heterocycles. The van der Waals surface area contributed by atoms with Crippen LogP contribution in [0.15, 0.2) is 28.9 Å². The van der Waals surface area contributed by atoms with Gasteiger partial charge in [0.25, 0.3) is 0 Å². The fourth-order valence-electron chi connectivity index (χ4n) is 1.65. The van der Waals surface area contributed by atoms with Gasteiger partial charge in [0, 0.05) is 24.0 Å². The zero-order valence-corrected chi connectivity index (χ0v) is 8.97. The Morgan fingerprint density at radius 3 is 3.00 bits per heavy atom. The van der Waals surface area contributed by atoms with Crippen LogP contribution in [0.1, 0.15) is 30.1 Å². The van der Waals surface area contributed by atoms with E-state index in [4.69, 9.17) is 10.3 Å². The molecule has 0 saturated carbocycles. The molecule has 1 unspecified atom stereocenters. The first-order valence-electron chi connectivity index (χ1n) is 4.99. The summed E-state index contributed by atoms with van der Waals surface area (Å²) >= 11 is 0. The number of hydrogen-bond donors (Lipinski definition) is 1. The van der Waals surface area contributed by atoms with Gasteiger partial charge in [-0.1, -0.05) is 5.16 Å². The Morgan fingerprint density at radius 2 is 2.40 bits per heavy atom. The molecule has 2 rings (SSSR count). The highest BCUT2D eigenvalue weighted by Crippen LogP contribution is 2.13. The van der Waals surface area contributed by atoms with E-state index in [9.17, 15) is 0 Å². The van der Waals surface area contributed by atoms with Crippen molar-refractivity contribution in [2.75, 3.05) is 0 Å². The minimum absolute atomic E-state index is 0.0352. The van der Waals surface area contributed by atoms with Crippen molar-refractivity contribution < 1.29 is 4.52 Å². The summed E-state index contributed by atoms with van der Waals surface area (Å²) < 4.78 is 7.10. The minimum atomic E-state index is 0.0352. The lowest BCUT2D eigenvalue weighted by molar-refractivity contribution is 0.388. The predicted octanol–water partition coefficient (Wildman–Crippen LogP) is 1.85. The Kier molecular flexibility index (Phi) is 2.60. The number of aromatic nitrogens is 2. The van der Waals surface area contributed by atoms with Gasteiger partial charge in [0.2, 0.25) is 0 Å². The Hall–Kier alpha value is -1.55. The quantitative estimate of drug-likeness (QED) is 0.832. The van der Waals surface area contributed by atoms with Gasteiger partial charge in [0.05, 0.1) is 6.54 Å². The van der Waals surface area contributed by atoms with E-state index in [1.165, 1.54) is 0 Å². The second-order valence-corrected chi connectivity index (χ2v) is 3.78. The van der Waals surface area contributed by atoms with Crippen molar-refractivity contribution in [2.45, 2.75) is 26.4 Å². The molecule has 0 aliphatic carbocycles. The van der Waals surface area contributed by atoms with Gasteiger partial charge in [0.15, 0.2) is 0 Å². The van der Waals surface area contributed by atoms with E-state index < -0.39 is 0 Å². The maximum Gasteiger partial charge on any atom is 0.133 e. The van der Waals surface area contributed by atoms with E-state index in [1.54, 1.807) is 0 Å². The van der Waals surface area contributed by atoms with E-state index in [-0.39, 0.29) is 6.04 Å². The second kappa shape index (κ2) is 3.90. The lowest BCUT2D eigenvalue weighted by Gasteiger charge is -2.09. The Balaban J connectivity index is 2.20. The first kappa shape index (κ1) is 9.98. The highest BCUT2D eigenvalue weighted by Gasteiger charge is 2.07. The van der Waals surface area contributed by atoms with Crippen LogP contribution in [0.3, 0.4) is 0 Å². The number of hydrogen-bond acceptors (Lipinski definition) is 3. The molecular weight excluding hydrogens is 190 g/mol. The van der Waals surface area contributed by atoms with Crippen molar-refractivity contribution in [3.05, 3.63) is 41.5 Å². The third-order valence-electron chi connectivity index (χ3n) is 2.34. The molecule has 0 aromatic carbocycles. The van der Waals surface area contributed by atoms with Crippen LogP contribution in [0.2, 0.25) is 0 Å². The molecule has 0 spiro atoms. The SMILES string of the molecule is Cc1cc(Cn2cccc2C(C)N)no1. The predicted molar refractivity (Wildman–Crippen MR) is 57.4 cm³/mol. The fraction of sp³-hybridized carbons (Fsp3) is 0.364. The summed E-state index contributed by atoms with van der Waals surface area (Å²) in [6.07, 6.45) is 2.00. The smallest absolute Gasteiger partial charge is 0.133 e. The van der Waals surface area contributed by atoms with Crippen molar-refractivity contribution in [1.82, 2.24) is 9.72 Å². The maximum atomic E-state index is 5.85. The van der Waals surface area contributed by atoms with E-state index in [1.807, 2.05) is 38.2 Å². The Labute approximate surface area is 88.7 Å². The van der Waals surface area contributed by atoms with Gasteiger partial charge in [0.1, 0.15) is 11.5 Å². The Morgan fingerprint density at radius 1 is 1.60 bits per heavy atom. The van der Waals surface area contributed by atoms with Gasteiger partial charge in [-0.3, -0.25) is 0 Å². The molecule has 4 nitrogen and oxygen atoms in total. The molecule has 0 radical (unpaired) electrons. The van der Waals surface area contributed by atoms with Gasteiger partial charge >= 0.3 is 0 Å². The van der Waals surface area contributed by atoms with Gasteiger partial charge in [-0.2, -0.15) is 0 Å². The van der Waals surface area contributed by atoms with Crippen molar-refractivity contribution >= 4 is 0 Å². The molecule has 0 aliphatic rings. The van der Waals surface area contributed by atoms with E-state index >= 15 is 0 Å². The van der Waals surface area contributed by atoms with Crippen molar-refractivity contribution in [3.63, 3.8) is 0 Å². The lowest BCUT2D eigenvalue weighted by Crippen LogP contribution is -2.12. The lowest BCUT2D eigenvalue weighted by atomic mass is 10.2. The number of nitrogens with two attached hydrogens (primary N) is 1. The first-order chi connectivity index (χ1) is 7.16. The number of nitrogens with zero attached hydrogens (tertiary/aromatic N) is 2. The minimum Gasteiger partial charge on any atom is -0.361 e. The van der Waals surface area contributed by atoms with Gasteiger partial charge < -0.3 is 14.8 Å². The molecule has 0 fully saturated rings. The molecule has 0 saturated heterocycles. The molecule has 4 heteroatoms. The molecule has 15 heavy (non-hydrogen) atoms. The molecule has 2 N–H and O–H groups in total. The van der Waals surface area contributed by atoms with Crippen LogP contribution in [0.25, 0.3) is 0 Å². The highest BCUT2D eigenvalue weighted by molar-refractivity contribution is 5.14. The molecule has 0 aliphatic heterocycles. The number of rotatable bonds is 3. The summed E-state index contributed by atoms with van der Waals surface area (Å²) in [7, 11) is 0. The molecule has 0 amide bonds. The van der Waals surface area contributed by atoms with Crippen LogP contribution in [-0.4, -0.2) is 9.72 Å². The van der Waals surface area contributed by atoms with Crippen LogP contribution >= 0.6 is 0 Å². The average Bonchev–Trinajstić information content (AvgIpc) is 2.75. The largest absolute Gasteiger partial charge is 0.361 e. The molecule has 80 valence electrons. The summed E-state index contributed by atoms with van der Waals surface area (Å²) in [6, 6.07) is 5.99. The van der Waals surface area contributed by atoms with Crippen molar-refractivity contribution in [3.8, 4) is 0 Å². The molecular formula is C11H15N3O. The molecule has 2 aromatic rings. The summed E-state index contributed by atoms with van der Waals surface area (Å²) in [5.74, 6) is 0.833. The molecule has 2 aromatic heterocycles. The standard InChI is InChI=1S/C11H15N3O/c1-8-6-10(13-15-8)7-14-5-3-4-11(14)9(2)12/h3-6,9H,7,12H2,1-2H3. The average molecular weight is 205 g/mol. The second-order valence-electron chi connectivity index (χ2n) is 3.78. The molecule has 1 atom stereocenters. The van der Waals surface area contributed by atoms with E-state index in [0.29, 0.717) is 6.54 Å². The fourth-order valence-corrected chi connectivity index (χ4v) is 1.65. The number of aryl methyl sites for hydroxylation is 1. The third kappa shape index (κ3) is 2.10. The van der Waals surface area contributed by atoms with Crippen LogP contribution in [0, 0.1) is 6.92 Å². The van der Waals surface area contributed by atoms with Crippen LogP contribution in [0.4, 0.5) is 0 Å². The normalized spacial score (nSPS) is 13.0. The first-order valence-corrected chi connectivity index (χ1v) is 4.99. The molecule has 0 bridgehead atoms.